The van der Waals surface area contributed by atoms with Gasteiger partial charge in [0.1, 0.15) is 28.9 Å². The van der Waals surface area contributed by atoms with Crippen LogP contribution in [0.4, 0.5) is 8.78 Å². The fourth-order valence-corrected chi connectivity index (χ4v) is 5.93. The molecule has 2 aromatic heterocycles. The monoisotopic (exact) mass is 510 g/mol. The number of likely N-dealkylation sites (tertiary alicyclic amines) is 2. The van der Waals surface area contributed by atoms with Crippen LogP contribution in [-0.4, -0.2) is 73.9 Å². The molecule has 3 aliphatic rings. The first-order valence-corrected chi connectivity index (χ1v) is 12.6. The van der Waals surface area contributed by atoms with Crippen LogP contribution in [0.1, 0.15) is 42.0 Å². The molecule has 3 aromatic rings. The first kappa shape index (κ1) is 23.7. The Bertz CT molecular complexity index is 1350. The number of aromatic nitrogens is 4. The highest BCUT2D eigenvalue weighted by atomic mass is 19.1. The molecule has 1 aromatic carbocycles. The molecule has 2 aliphatic heterocycles. The smallest absolute Gasteiger partial charge is 0.274 e. The zero-order valence-electron chi connectivity index (χ0n) is 20.7. The molecule has 3 fully saturated rings. The minimum atomic E-state index is -0.667. The number of halogens is 2. The molecule has 1 unspecified atom stereocenters. The fourth-order valence-electron chi connectivity index (χ4n) is 5.93. The van der Waals surface area contributed by atoms with Crippen LogP contribution < -0.4 is 4.74 Å². The molecule has 3 atom stereocenters. The average Bonchev–Trinajstić information content (AvgIpc) is 3.17. The fraction of sp³-hybridized carbons (Fsp3) is 0.500. The van der Waals surface area contributed by atoms with E-state index in [-0.39, 0.29) is 35.1 Å². The number of fused-ring (bicyclic) bond motifs is 2. The molecule has 37 heavy (non-hydrogen) atoms. The number of carbonyl (C=O) groups is 2. The number of imidazole rings is 1. The lowest BCUT2D eigenvalue weighted by molar-refractivity contribution is -0.129. The zero-order chi connectivity index (χ0) is 25.8. The Balaban J connectivity index is 1.08. The molecule has 9 nitrogen and oxygen atoms in total. The summed E-state index contributed by atoms with van der Waals surface area (Å²) in [5, 5.41) is 0. The lowest BCUT2D eigenvalue weighted by Crippen LogP contribution is -2.36. The van der Waals surface area contributed by atoms with Gasteiger partial charge in [-0.15, -0.1) is 0 Å². The number of rotatable bonds is 5. The van der Waals surface area contributed by atoms with Gasteiger partial charge < -0.3 is 19.1 Å². The molecule has 2 saturated heterocycles. The van der Waals surface area contributed by atoms with E-state index in [9.17, 15) is 18.4 Å². The third-order valence-corrected chi connectivity index (χ3v) is 8.08. The van der Waals surface area contributed by atoms with Gasteiger partial charge in [-0.25, -0.2) is 23.7 Å². The number of aryl methyl sites for hydroxylation is 1. The number of hydrogen-bond acceptors (Lipinski definition) is 6. The van der Waals surface area contributed by atoms with Crippen LogP contribution in [-0.2, 0) is 11.8 Å². The second kappa shape index (κ2) is 9.04. The SMILES string of the molecule is CC(=O)N1CCC(c2nc3nc(C(=O)N4C[C@@H]5C(COc6cc(F)cc(F)c6)[C@@H]5C4)cnc3n2C)CC1. The highest BCUT2D eigenvalue weighted by molar-refractivity contribution is 5.93. The first-order valence-electron chi connectivity index (χ1n) is 12.6. The summed E-state index contributed by atoms with van der Waals surface area (Å²) in [5.41, 5.74) is 1.36. The van der Waals surface area contributed by atoms with Crippen molar-refractivity contribution in [1.82, 2.24) is 29.3 Å². The highest BCUT2D eigenvalue weighted by Crippen LogP contribution is 2.52. The maximum absolute atomic E-state index is 13.4. The Morgan fingerprint density at radius 2 is 1.70 bits per heavy atom. The van der Waals surface area contributed by atoms with Crippen LogP contribution >= 0.6 is 0 Å². The summed E-state index contributed by atoms with van der Waals surface area (Å²) < 4.78 is 34.3. The molecule has 11 heteroatoms. The third-order valence-electron chi connectivity index (χ3n) is 8.08. The second-order valence-electron chi connectivity index (χ2n) is 10.3. The summed E-state index contributed by atoms with van der Waals surface area (Å²) >= 11 is 0. The Morgan fingerprint density at radius 3 is 2.35 bits per heavy atom. The Morgan fingerprint density at radius 1 is 1.03 bits per heavy atom. The normalized spacial score (nSPS) is 23.4. The summed E-state index contributed by atoms with van der Waals surface area (Å²) in [6.45, 7) is 4.56. The van der Waals surface area contributed by atoms with Crippen LogP contribution in [0.5, 0.6) is 5.75 Å². The molecular formula is C26H28F2N6O3. The molecule has 1 saturated carbocycles. The summed E-state index contributed by atoms with van der Waals surface area (Å²) in [7, 11) is 1.91. The molecule has 1 aliphatic carbocycles. The number of amides is 2. The van der Waals surface area contributed by atoms with Crippen LogP contribution in [0.3, 0.4) is 0 Å². The molecule has 2 amide bonds. The number of hydrogen-bond donors (Lipinski definition) is 0. The van der Waals surface area contributed by atoms with E-state index >= 15 is 0 Å². The largest absolute Gasteiger partial charge is 0.493 e. The van der Waals surface area contributed by atoms with E-state index in [0.29, 0.717) is 55.9 Å². The third kappa shape index (κ3) is 4.40. The van der Waals surface area contributed by atoms with Crippen LogP contribution in [0.2, 0.25) is 0 Å². The van der Waals surface area contributed by atoms with Crippen molar-refractivity contribution < 1.29 is 23.1 Å². The van der Waals surface area contributed by atoms with E-state index in [2.05, 4.69) is 9.97 Å². The van der Waals surface area contributed by atoms with Crippen molar-refractivity contribution in [3.8, 4) is 5.75 Å². The van der Waals surface area contributed by atoms with Crippen molar-refractivity contribution in [3.05, 3.63) is 47.5 Å². The molecule has 0 radical (unpaired) electrons. The number of ether oxygens (including phenoxy) is 1. The van der Waals surface area contributed by atoms with E-state index in [1.165, 1.54) is 18.3 Å². The van der Waals surface area contributed by atoms with Gasteiger partial charge in [-0.3, -0.25) is 9.59 Å². The van der Waals surface area contributed by atoms with E-state index in [1.54, 1.807) is 11.8 Å². The molecule has 0 spiro atoms. The van der Waals surface area contributed by atoms with Gasteiger partial charge in [0.2, 0.25) is 5.91 Å². The van der Waals surface area contributed by atoms with Gasteiger partial charge in [-0.2, -0.15) is 0 Å². The number of piperidine rings is 2. The van der Waals surface area contributed by atoms with Crippen molar-refractivity contribution in [2.75, 3.05) is 32.8 Å². The minimum absolute atomic E-state index is 0.0929. The number of benzene rings is 1. The average molecular weight is 511 g/mol. The predicted octanol–water partition coefficient (Wildman–Crippen LogP) is 2.76. The minimum Gasteiger partial charge on any atom is -0.493 e. The van der Waals surface area contributed by atoms with Gasteiger partial charge in [-0.05, 0) is 24.7 Å². The quantitative estimate of drug-likeness (QED) is 0.524. The zero-order valence-corrected chi connectivity index (χ0v) is 20.7. The van der Waals surface area contributed by atoms with E-state index in [1.807, 2.05) is 16.5 Å². The Kier molecular flexibility index (Phi) is 5.80. The van der Waals surface area contributed by atoms with Gasteiger partial charge in [-0.1, -0.05) is 0 Å². The van der Waals surface area contributed by atoms with Gasteiger partial charge in [0, 0.05) is 70.2 Å². The molecule has 0 N–H and O–H groups in total. The molecule has 4 heterocycles. The summed E-state index contributed by atoms with van der Waals surface area (Å²) in [6, 6.07) is 3.15. The number of carbonyl (C=O) groups excluding carboxylic acids is 2. The highest BCUT2D eigenvalue weighted by Gasteiger charge is 2.57. The Labute approximate surface area is 212 Å². The van der Waals surface area contributed by atoms with Crippen molar-refractivity contribution in [2.24, 2.45) is 24.8 Å². The standard InChI is InChI=1S/C26H28F2N6O3/c1-14(35)33-5-3-15(4-6-33)24-31-23-25(32(24)2)29-10-22(30-23)26(36)34-11-19-20(12-34)21(19)13-37-18-8-16(27)7-17(28)9-18/h7-10,15,19-21H,3-6,11-13H2,1-2H3/t19-,20+,21?. The lowest BCUT2D eigenvalue weighted by atomic mass is 9.96. The molecule has 6 rings (SSSR count). The van der Waals surface area contributed by atoms with Crippen LogP contribution in [0.15, 0.2) is 24.4 Å². The van der Waals surface area contributed by atoms with Crippen LogP contribution in [0, 0.1) is 29.4 Å². The lowest BCUT2D eigenvalue weighted by Gasteiger charge is -2.30. The second-order valence-corrected chi connectivity index (χ2v) is 10.3. The van der Waals surface area contributed by atoms with Crippen molar-refractivity contribution >= 4 is 23.1 Å². The van der Waals surface area contributed by atoms with Gasteiger partial charge in [0.25, 0.3) is 5.91 Å². The Hall–Kier alpha value is -3.63. The maximum Gasteiger partial charge on any atom is 0.274 e. The summed E-state index contributed by atoms with van der Waals surface area (Å²) in [4.78, 5) is 42.2. The molecule has 194 valence electrons. The van der Waals surface area contributed by atoms with Gasteiger partial charge in [0.05, 0.1) is 12.8 Å². The first-order chi connectivity index (χ1) is 17.8. The summed E-state index contributed by atoms with van der Waals surface area (Å²) in [6.07, 6.45) is 3.17. The van der Waals surface area contributed by atoms with Crippen molar-refractivity contribution in [2.45, 2.75) is 25.7 Å². The van der Waals surface area contributed by atoms with Crippen molar-refractivity contribution in [1.29, 1.82) is 0 Å². The molecule has 0 bridgehead atoms. The topological polar surface area (TPSA) is 93.5 Å². The summed E-state index contributed by atoms with van der Waals surface area (Å²) in [5.74, 6) is 0.734. The predicted molar refractivity (Wildman–Crippen MR) is 129 cm³/mol. The maximum atomic E-state index is 13.4. The van der Waals surface area contributed by atoms with E-state index in [0.717, 1.165) is 24.7 Å². The van der Waals surface area contributed by atoms with Gasteiger partial charge in [0.15, 0.2) is 11.3 Å². The molecular weight excluding hydrogens is 482 g/mol. The van der Waals surface area contributed by atoms with Crippen molar-refractivity contribution in [3.63, 3.8) is 0 Å². The van der Waals surface area contributed by atoms with E-state index in [4.69, 9.17) is 9.72 Å². The van der Waals surface area contributed by atoms with Gasteiger partial charge >= 0.3 is 0 Å². The van der Waals surface area contributed by atoms with Crippen LogP contribution in [0.25, 0.3) is 11.3 Å². The number of nitrogens with zero attached hydrogens (tertiary/aromatic N) is 6. The van der Waals surface area contributed by atoms with E-state index < -0.39 is 11.6 Å².